The van der Waals surface area contributed by atoms with Gasteiger partial charge in [-0.3, -0.25) is 9.79 Å². The summed E-state index contributed by atoms with van der Waals surface area (Å²) < 4.78 is 4.29. The molecule has 0 aliphatic carbocycles. The van der Waals surface area contributed by atoms with Crippen LogP contribution in [-0.4, -0.2) is 23.5 Å². The molecular formula is C16H19NO2S. The fourth-order valence-corrected chi connectivity index (χ4v) is 3.41. The summed E-state index contributed by atoms with van der Waals surface area (Å²) in [7, 11) is 1.43. The number of thioether (sulfide) groups is 1. The van der Waals surface area contributed by atoms with E-state index in [1.165, 1.54) is 24.4 Å². The van der Waals surface area contributed by atoms with Crippen LogP contribution in [0.4, 0.5) is 5.69 Å². The van der Waals surface area contributed by atoms with Gasteiger partial charge in [-0.2, -0.15) is 0 Å². The molecule has 0 amide bonds. The smallest absolute Gasteiger partial charge is 0.328 e. The lowest BCUT2D eigenvalue weighted by atomic mass is 9.97. The van der Waals surface area contributed by atoms with Gasteiger partial charge >= 0.3 is 5.97 Å². The van der Waals surface area contributed by atoms with Crippen molar-refractivity contribution in [2.24, 2.45) is 4.99 Å². The molecule has 0 fully saturated rings. The standard InChI is InChI=1S/C16H19NO2S/c1-11(2)9-10-16(15(18)19-4)12(3)17-13-7-5-6-8-14(13)20-16/h5-9H,10H2,1-4H3. The minimum atomic E-state index is -0.750. The lowest BCUT2D eigenvalue weighted by Crippen LogP contribution is -2.43. The van der Waals surface area contributed by atoms with Crippen molar-refractivity contribution in [3.05, 3.63) is 35.9 Å². The predicted octanol–water partition coefficient (Wildman–Crippen LogP) is 4.15. The fourth-order valence-electron chi connectivity index (χ4n) is 2.14. The Labute approximate surface area is 124 Å². The Hall–Kier alpha value is -1.55. The molecule has 1 aromatic carbocycles. The number of rotatable bonds is 3. The molecule has 3 nitrogen and oxygen atoms in total. The van der Waals surface area contributed by atoms with Crippen molar-refractivity contribution in [3.8, 4) is 0 Å². The molecule has 1 aliphatic rings. The summed E-state index contributed by atoms with van der Waals surface area (Å²) in [5, 5.41) is 0. The first kappa shape index (κ1) is 14.9. The van der Waals surface area contributed by atoms with E-state index in [2.05, 4.69) is 11.1 Å². The van der Waals surface area contributed by atoms with Crippen molar-refractivity contribution in [3.63, 3.8) is 0 Å². The monoisotopic (exact) mass is 289 g/mol. The zero-order valence-corrected chi connectivity index (χ0v) is 13.1. The van der Waals surface area contributed by atoms with E-state index in [-0.39, 0.29) is 5.97 Å². The third kappa shape index (κ3) is 2.66. The highest BCUT2D eigenvalue weighted by Gasteiger charge is 2.45. The molecule has 0 saturated carbocycles. The number of ether oxygens (including phenoxy) is 1. The van der Waals surface area contributed by atoms with Gasteiger partial charge in [0, 0.05) is 10.6 Å². The van der Waals surface area contributed by atoms with Crippen LogP contribution >= 0.6 is 11.8 Å². The molecule has 0 aromatic heterocycles. The highest BCUT2D eigenvalue weighted by molar-refractivity contribution is 8.02. The Bertz CT molecular complexity index is 588. The number of hydrogen-bond acceptors (Lipinski definition) is 4. The van der Waals surface area contributed by atoms with Gasteiger partial charge in [0.2, 0.25) is 0 Å². The summed E-state index contributed by atoms with van der Waals surface area (Å²) in [6.07, 6.45) is 2.66. The number of para-hydroxylation sites is 1. The van der Waals surface area contributed by atoms with Crippen LogP contribution in [0, 0.1) is 0 Å². The first-order valence-electron chi connectivity index (χ1n) is 6.55. The van der Waals surface area contributed by atoms with Crippen LogP contribution in [-0.2, 0) is 9.53 Å². The molecule has 2 rings (SSSR count). The van der Waals surface area contributed by atoms with Gasteiger partial charge in [-0.1, -0.05) is 35.5 Å². The minimum Gasteiger partial charge on any atom is -0.468 e. The quantitative estimate of drug-likeness (QED) is 0.619. The summed E-state index contributed by atoms with van der Waals surface area (Å²) in [6, 6.07) is 7.88. The average molecular weight is 289 g/mol. The van der Waals surface area contributed by atoms with E-state index in [1.807, 2.05) is 45.0 Å². The Morgan fingerprint density at radius 3 is 2.75 bits per heavy atom. The Kier molecular flexibility index (Phi) is 4.33. The van der Waals surface area contributed by atoms with Crippen LogP contribution in [0.25, 0.3) is 0 Å². The van der Waals surface area contributed by atoms with Gasteiger partial charge in [-0.15, -0.1) is 0 Å². The van der Waals surface area contributed by atoms with Crippen LogP contribution in [0.15, 0.2) is 45.8 Å². The number of allylic oxidation sites excluding steroid dienone is 2. The third-order valence-corrected chi connectivity index (χ3v) is 4.88. The summed E-state index contributed by atoms with van der Waals surface area (Å²) in [6.45, 7) is 5.95. The molecule has 1 atom stereocenters. The molecular weight excluding hydrogens is 270 g/mol. The van der Waals surface area contributed by atoms with Gasteiger partial charge in [0.25, 0.3) is 0 Å². The first-order valence-corrected chi connectivity index (χ1v) is 7.37. The van der Waals surface area contributed by atoms with Gasteiger partial charge in [-0.05, 0) is 39.3 Å². The van der Waals surface area contributed by atoms with Gasteiger partial charge in [0.15, 0.2) is 4.75 Å². The van der Waals surface area contributed by atoms with Crippen molar-refractivity contribution in [2.45, 2.75) is 36.8 Å². The molecule has 4 heteroatoms. The third-order valence-electron chi connectivity index (χ3n) is 3.33. The van der Waals surface area contributed by atoms with Crippen LogP contribution in [0.1, 0.15) is 27.2 Å². The molecule has 1 aliphatic heterocycles. The molecule has 1 aromatic rings. The summed E-state index contributed by atoms with van der Waals surface area (Å²) >= 11 is 1.54. The maximum absolute atomic E-state index is 12.4. The number of carbonyl (C=O) groups is 1. The van der Waals surface area contributed by atoms with Gasteiger partial charge < -0.3 is 4.74 Å². The lowest BCUT2D eigenvalue weighted by molar-refractivity contribution is -0.141. The molecule has 1 unspecified atom stereocenters. The van der Waals surface area contributed by atoms with E-state index in [9.17, 15) is 4.79 Å². The number of esters is 1. The van der Waals surface area contributed by atoms with E-state index in [4.69, 9.17) is 4.74 Å². The number of carbonyl (C=O) groups excluding carboxylic acids is 1. The van der Waals surface area contributed by atoms with E-state index in [1.54, 1.807) is 0 Å². The molecule has 20 heavy (non-hydrogen) atoms. The number of hydrogen-bond donors (Lipinski definition) is 0. The van der Waals surface area contributed by atoms with E-state index in [0.717, 1.165) is 16.3 Å². The molecule has 0 bridgehead atoms. The van der Waals surface area contributed by atoms with Crippen LogP contribution in [0.3, 0.4) is 0 Å². The lowest BCUT2D eigenvalue weighted by Gasteiger charge is -2.33. The zero-order valence-electron chi connectivity index (χ0n) is 12.3. The predicted molar refractivity (Wildman–Crippen MR) is 83.9 cm³/mol. The van der Waals surface area contributed by atoms with Crippen molar-refractivity contribution in [1.29, 1.82) is 0 Å². The highest BCUT2D eigenvalue weighted by Crippen LogP contribution is 2.46. The summed E-state index contributed by atoms with van der Waals surface area (Å²) in [5.41, 5.74) is 2.90. The largest absolute Gasteiger partial charge is 0.468 e. The van der Waals surface area contributed by atoms with E-state index < -0.39 is 4.75 Å². The average Bonchev–Trinajstić information content (AvgIpc) is 2.44. The highest BCUT2D eigenvalue weighted by atomic mass is 32.2. The molecule has 106 valence electrons. The SMILES string of the molecule is COC(=O)C1(CC=C(C)C)Sc2ccccc2N=C1C. The molecule has 1 heterocycles. The minimum absolute atomic E-state index is 0.240. The molecule has 0 spiro atoms. The second kappa shape index (κ2) is 5.83. The fraction of sp³-hybridized carbons (Fsp3) is 0.375. The summed E-state index contributed by atoms with van der Waals surface area (Å²) in [5.74, 6) is -0.240. The number of nitrogens with zero attached hydrogens (tertiary/aromatic N) is 1. The van der Waals surface area contributed by atoms with E-state index in [0.29, 0.717) is 6.42 Å². The van der Waals surface area contributed by atoms with Crippen molar-refractivity contribution in [1.82, 2.24) is 0 Å². The second-order valence-corrected chi connectivity index (χ2v) is 6.41. The number of fused-ring (bicyclic) bond motifs is 1. The van der Waals surface area contributed by atoms with Crippen molar-refractivity contribution >= 4 is 29.1 Å². The second-order valence-electron chi connectivity index (χ2n) is 5.07. The van der Waals surface area contributed by atoms with Crippen LogP contribution in [0.5, 0.6) is 0 Å². The number of benzene rings is 1. The normalized spacial score (nSPS) is 20.7. The Balaban J connectivity index is 2.49. The maximum atomic E-state index is 12.4. The number of methoxy groups -OCH3 is 1. The summed E-state index contributed by atoms with van der Waals surface area (Å²) in [4.78, 5) is 18.0. The topological polar surface area (TPSA) is 38.7 Å². The Morgan fingerprint density at radius 1 is 1.40 bits per heavy atom. The van der Waals surface area contributed by atoms with Crippen molar-refractivity contribution < 1.29 is 9.53 Å². The molecule has 0 saturated heterocycles. The van der Waals surface area contributed by atoms with E-state index >= 15 is 0 Å². The van der Waals surface area contributed by atoms with Gasteiger partial charge in [0.05, 0.1) is 12.8 Å². The maximum Gasteiger partial charge on any atom is 0.328 e. The van der Waals surface area contributed by atoms with Gasteiger partial charge in [0.1, 0.15) is 0 Å². The van der Waals surface area contributed by atoms with Crippen molar-refractivity contribution in [2.75, 3.05) is 7.11 Å². The zero-order chi connectivity index (χ0) is 14.8. The van der Waals surface area contributed by atoms with Gasteiger partial charge in [-0.25, -0.2) is 0 Å². The molecule has 0 radical (unpaired) electrons. The van der Waals surface area contributed by atoms with Crippen LogP contribution in [0.2, 0.25) is 0 Å². The molecule has 0 N–H and O–H groups in total. The van der Waals surface area contributed by atoms with Crippen LogP contribution < -0.4 is 0 Å². The Morgan fingerprint density at radius 2 is 2.10 bits per heavy atom. The first-order chi connectivity index (χ1) is 9.49. The number of aliphatic imine (C=N–C) groups is 1.